The Kier molecular flexibility index (Phi) is 10.6. The highest BCUT2D eigenvalue weighted by Crippen LogP contribution is 2.33. The van der Waals surface area contributed by atoms with E-state index in [1.165, 1.54) is 37.4 Å². The Morgan fingerprint density at radius 2 is 1.41 bits per heavy atom. The van der Waals surface area contributed by atoms with Crippen molar-refractivity contribution < 1.29 is 37.0 Å². The summed E-state index contributed by atoms with van der Waals surface area (Å²) >= 11 is 0. The predicted octanol–water partition coefficient (Wildman–Crippen LogP) is 7.43. The Morgan fingerprint density at radius 3 is 2.06 bits per heavy atom. The smallest absolute Gasteiger partial charge is 0.416 e. The monoisotopic (exact) mass is 667 g/mol. The van der Waals surface area contributed by atoms with Gasteiger partial charge in [-0.25, -0.2) is 0 Å². The molecule has 0 unspecified atom stereocenters. The topological polar surface area (TPSA) is 106 Å². The van der Waals surface area contributed by atoms with Crippen LogP contribution in [-0.4, -0.2) is 31.9 Å². The van der Waals surface area contributed by atoms with Crippen LogP contribution in [0.1, 0.15) is 43.4 Å². The number of anilines is 1. The first kappa shape index (κ1) is 34.2. The zero-order valence-corrected chi connectivity index (χ0v) is 26.5. The number of halogens is 3. The number of carbonyl (C=O) groups excluding carboxylic acids is 3. The third kappa shape index (κ3) is 8.44. The van der Waals surface area contributed by atoms with E-state index in [1.807, 2.05) is 12.1 Å². The van der Waals surface area contributed by atoms with Gasteiger partial charge in [-0.3, -0.25) is 14.4 Å². The highest BCUT2D eigenvalue weighted by atomic mass is 19.4. The maximum absolute atomic E-state index is 13.5. The van der Waals surface area contributed by atoms with Gasteiger partial charge in [0.25, 0.3) is 11.8 Å². The fraction of sp³-hybridized carbons (Fsp3) is 0.132. The molecule has 5 aromatic rings. The highest BCUT2D eigenvalue weighted by Gasteiger charge is 2.30. The van der Waals surface area contributed by atoms with Crippen LogP contribution in [-0.2, 0) is 17.5 Å². The van der Waals surface area contributed by atoms with Gasteiger partial charge < -0.3 is 25.4 Å². The minimum absolute atomic E-state index is 0.170. The summed E-state index contributed by atoms with van der Waals surface area (Å²) < 4.78 is 49.9. The fourth-order valence-electron chi connectivity index (χ4n) is 5.09. The van der Waals surface area contributed by atoms with Crippen LogP contribution >= 0.6 is 0 Å². The Labute approximate surface area is 280 Å². The number of alkyl halides is 3. The number of rotatable bonds is 11. The first-order valence-corrected chi connectivity index (χ1v) is 15.1. The summed E-state index contributed by atoms with van der Waals surface area (Å²) in [5.74, 6) is -0.652. The molecule has 0 aliphatic rings. The molecule has 0 aliphatic heterocycles. The van der Waals surface area contributed by atoms with Gasteiger partial charge in [0.1, 0.15) is 17.5 Å². The summed E-state index contributed by atoms with van der Waals surface area (Å²) in [5, 5.41) is 8.43. The van der Waals surface area contributed by atoms with Crippen molar-refractivity contribution in [3.8, 4) is 22.6 Å². The number of carbonyl (C=O) groups is 3. The van der Waals surface area contributed by atoms with E-state index in [2.05, 4.69) is 16.0 Å². The maximum atomic E-state index is 13.5. The van der Waals surface area contributed by atoms with Crippen molar-refractivity contribution in [2.45, 2.75) is 18.8 Å². The van der Waals surface area contributed by atoms with Crippen molar-refractivity contribution in [2.24, 2.45) is 0 Å². The third-order valence-electron chi connectivity index (χ3n) is 7.70. The summed E-state index contributed by atoms with van der Waals surface area (Å²) in [6.07, 6.45) is -4.48. The van der Waals surface area contributed by atoms with Crippen molar-refractivity contribution in [3.05, 3.63) is 149 Å². The molecule has 0 saturated heterocycles. The molecule has 0 fully saturated rings. The molecule has 5 rings (SSSR count). The minimum atomic E-state index is -4.48. The largest absolute Gasteiger partial charge is 0.497 e. The number of hydrogen-bond donors (Lipinski definition) is 3. The van der Waals surface area contributed by atoms with Gasteiger partial charge in [0.15, 0.2) is 0 Å². The molecule has 0 aromatic heterocycles. The Morgan fingerprint density at radius 1 is 0.735 bits per heavy atom. The van der Waals surface area contributed by atoms with Gasteiger partial charge in [0.05, 0.1) is 25.5 Å². The van der Waals surface area contributed by atoms with Crippen molar-refractivity contribution >= 4 is 23.4 Å². The molecule has 0 bridgehead atoms. The van der Waals surface area contributed by atoms with Crippen LogP contribution in [0.2, 0.25) is 0 Å². The van der Waals surface area contributed by atoms with Crippen LogP contribution in [0, 0.1) is 0 Å². The van der Waals surface area contributed by atoms with E-state index in [4.69, 9.17) is 9.47 Å². The molecule has 3 amide bonds. The van der Waals surface area contributed by atoms with E-state index in [1.54, 1.807) is 73.8 Å². The van der Waals surface area contributed by atoms with Crippen LogP contribution < -0.4 is 25.4 Å². The molecule has 250 valence electrons. The first-order chi connectivity index (χ1) is 23.6. The zero-order valence-electron chi connectivity index (χ0n) is 26.5. The van der Waals surface area contributed by atoms with Gasteiger partial charge in [-0.15, -0.1) is 0 Å². The average Bonchev–Trinajstić information content (AvgIpc) is 3.13. The Bertz CT molecular complexity index is 1930. The van der Waals surface area contributed by atoms with Gasteiger partial charge in [0.2, 0.25) is 5.91 Å². The van der Waals surface area contributed by atoms with E-state index < -0.39 is 35.5 Å². The van der Waals surface area contributed by atoms with Gasteiger partial charge in [-0.1, -0.05) is 72.8 Å². The van der Waals surface area contributed by atoms with Crippen LogP contribution in [0.25, 0.3) is 11.1 Å². The van der Waals surface area contributed by atoms with E-state index in [9.17, 15) is 27.6 Å². The number of nitrogens with one attached hydrogen (secondary N) is 3. The molecular formula is C38H32F3N3O5. The summed E-state index contributed by atoms with van der Waals surface area (Å²) in [6.45, 7) is 0.228. The first-order valence-electron chi connectivity index (χ1n) is 15.1. The summed E-state index contributed by atoms with van der Waals surface area (Å²) in [4.78, 5) is 40.2. The van der Waals surface area contributed by atoms with E-state index in [-0.39, 0.29) is 29.1 Å². The molecule has 0 heterocycles. The Balaban J connectivity index is 1.32. The molecule has 3 N–H and O–H groups in total. The normalized spacial score (nSPS) is 11.6. The van der Waals surface area contributed by atoms with Crippen LogP contribution in [0.5, 0.6) is 11.5 Å². The number of methoxy groups -OCH3 is 2. The number of ether oxygens (including phenoxy) is 2. The van der Waals surface area contributed by atoms with Crippen molar-refractivity contribution in [3.63, 3.8) is 0 Å². The number of hydrogen-bond acceptors (Lipinski definition) is 5. The summed E-state index contributed by atoms with van der Waals surface area (Å²) in [7, 11) is 2.95. The second-order valence-corrected chi connectivity index (χ2v) is 10.9. The van der Waals surface area contributed by atoms with Crippen molar-refractivity contribution in [2.75, 3.05) is 19.5 Å². The summed E-state index contributed by atoms with van der Waals surface area (Å²) in [6, 6.07) is 30.5. The van der Waals surface area contributed by atoms with Crippen LogP contribution in [0.15, 0.2) is 121 Å². The number of amides is 3. The van der Waals surface area contributed by atoms with Gasteiger partial charge in [-0.2, -0.15) is 13.2 Å². The molecule has 1 atom stereocenters. The number of benzene rings is 5. The molecule has 49 heavy (non-hydrogen) atoms. The lowest BCUT2D eigenvalue weighted by atomic mass is 9.98. The molecule has 0 saturated carbocycles. The standard InChI is InChI=1S/C38H32F3N3O5/c1-48-29-19-12-24(13-20-29)23-42-37(47)34(26-8-4-3-5-9-26)44-35(45)27-16-21-32(33(22-27)49-2)43-36(46)31-11-7-6-10-30(31)25-14-17-28(18-15-25)38(39,40)41/h3-22,34H,23H2,1-2H3,(H,42,47)(H,43,46)(H,44,45)/t34-/m0/s1. The molecular weight excluding hydrogens is 635 g/mol. The highest BCUT2D eigenvalue weighted by molar-refractivity contribution is 6.09. The van der Waals surface area contributed by atoms with E-state index >= 15 is 0 Å². The third-order valence-corrected chi connectivity index (χ3v) is 7.70. The van der Waals surface area contributed by atoms with E-state index in [0.717, 1.165) is 17.7 Å². The maximum Gasteiger partial charge on any atom is 0.416 e. The SMILES string of the molecule is COc1ccc(CNC(=O)[C@@H](NC(=O)c2ccc(NC(=O)c3ccccc3-c3ccc(C(F)(F)F)cc3)c(OC)c2)c2ccccc2)cc1. The predicted molar refractivity (Wildman–Crippen MR) is 179 cm³/mol. The fourth-order valence-corrected chi connectivity index (χ4v) is 5.09. The molecule has 11 heteroatoms. The average molecular weight is 668 g/mol. The van der Waals surface area contributed by atoms with Gasteiger partial charge >= 0.3 is 6.18 Å². The summed E-state index contributed by atoms with van der Waals surface area (Å²) in [5.41, 5.74) is 2.13. The quantitative estimate of drug-likeness (QED) is 0.136. The lowest BCUT2D eigenvalue weighted by Crippen LogP contribution is -2.40. The molecule has 8 nitrogen and oxygen atoms in total. The van der Waals surface area contributed by atoms with Crippen LogP contribution in [0.4, 0.5) is 18.9 Å². The molecule has 5 aromatic carbocycles. The Hall–Kier alpha value is -6.10. The van der Waals surface area contributed by atoms with Crippen molar-refractivity contribution in [1.82, 2.24) is 10.6 Å². The van der Waals surface area contributed by atoms with E-state index in [0.29, 0.717) is 22.4 Å². The second-order valence-electron chi connectivity index (χ2n) is 10.9. The lowest BCUT2D eigenvalue weighted by molar-refractivity contribution is -0.137. The molecule has 0 spiro atoms. The lowest BCUT2D eigenvalue weighted by Gasteiger charge is -2.20. The second kappa shape index (κ2) is 15.2. The van der Waals surface area contributed by atoms with Gasteiger partial charge in [-0.05, 0) is 70.8 Å². The molecule has 0 radical (unpaired) electrons. The van der Waals surface area contributed by atoms with Gasteiger partial charge in [0, 0.05) is 17.7 Å². The van der Waals surface area contributed by atoms with Crippen molar-refractivity contribution in [1.29, 1.82) is 0 Å². The zero-order chi connectivity index (χ0) is 35.0. The minimum Gasteiger partial charge on any atom is -0.497 e. The molecule has 0 aliphatic carbocycles. The van der Waals surface area contributed by atoms with Crippen LogP contribution in [0.3, 0.4) is 0 Å².